The standard InChI is InChI=1S/C18H27N3O4/c1-4-24-15-9-8-14(10-16(15)25-5-2)20-18(23)12-21(3)11-17(22)19-13-6-7-13/h8-10,13H,4-7,11-12H2,1-3H3,(H,19,22)(H,20,23). The Labute approximate surface area is 148 Å². The number of carbonyl (C=O) groups is 2. The third-order valence-electron chi connectivity index (χ3n) is 3.60. The maximum atomic E-state index is 12.2. The van der Waals surface area contributed by atoms with Crippen LogP contribution in [0.4, 0.5) is 5.69 Å². The van der Waals surface area contributed by atoms with Gasteiger partial charge in [0, 0.05) is 17.8 Å². The third-order valence-corrected chi connectivity index (χ3v) is 3.60. The molecule has 0 aliphatic heterocycles. The number of rotatable bonds is 10. The van der Waals surface area contributed by atoms with E-state index in [2.05, 4.69) is 10.6 Å². The van der Waals surface area contributed by atoms with E-state index in [-0.39, 0.29) is 24.9 Å². The molecule has 1 fully saturated rings. The average molecular weight is 349 g/mol. The number of hydrogen-bond acceptors (Lipinski definition) is 5. The molecular formula is C18H27N3O4. The first-order valence-electron chi connectivity index (χ1n) is 8.69. The van der Waals surface area contributed by atoms with Crippen molar-refractivity contribution in [2.24, 2.45) is 0 Å². The van der Waals surface area contributed by atoms with Gasteiger partial charge in [-0.05, 0) is 45.9 Å². The molecule has 0 radical (unpaired) electrons. The number of anilines is 1. The molecule has 0 aromatic heterocycles. The average Bonchev–Trinajstić information content (AvgIpc) is 3.33. The van der Waals surface area contributed by atoms with Crippen LogP contribution in [0.15, 0.2) is 18.2 Å². The minimum absolute atomic E-state index is 0.0440. The van der Waals surface area contributed by atoms with Gasteiger partial charge in [0.25, 0.3) is 0 Å². The van der Waals surface area contributed by atoms with E-state index in [0.29, 0.717) is 36.4 Å². The Morgan fingerprint density at radius 2 is 1.72 bits per heavy atom. The number of benzene rings is 1. The lowest BCUT2D eigenvalue weighted by atomic mass is 10.2. The quantitative estimate of drug-likeness (QED) is 0.671. The second-order valence-corrected chi connectivity index (χ2v) is 6.09. The fraction of sp³-hybridized carbons (Fsp3) is 0.556. The molecular weight excluding hydrogens is 322 g/mol. The summed E-state index contributed by atoms with van der Waals surface area (Å²) in [6, 6.07) is 5.62. The monoisotopic (exact) mass is 349 g/mol. The molecule has 7 nitrogen and oxygen atoms in total. The Bertz CT molecular complexity index is 602. The first-order valence-corrected chi connectivity index (χ1v) is 8.69. The molecule has 2 N–H and O–H groups in total. The van der Waals surface area contributed by atoms with Crippen LogP contribution in [-0.4, -0.2) is 56.1 Å². The van der Waals surface area contributed by atoms with Gasteiger partial charge in [0.05, 0.1) is 26.3 Å². The van der Waals surface area contributed by atoms with E-state index in [1.54, 1.807) is 30.1 Å². The van der Waals surface area contributed by atoms with Crippen LogP contribution in [0.1, 0.15) is 26.7 Å². The lowest BCUT2D eigenvalue weighted by Crippen LogP contribution is -2.39. The molecule has 1 aromatic rings. The molecule has 7 heteroatoms. The van der Waals surface area contributed by atoms with E-state index in [1.807, 2.05) is 13.8 Å². The Morgan fingerprint density at radius 3 is 2.36 bits per heavy atom. The number of amides is 2. The van der Waals surface area contributed by atoms with Crippen LogP contribution in [0.2, 0.25) is 0 Å². The Kier molecular flexibility index (Phi) is 7.06. The second kappa shape index (κ2) is 9.27. The number of nitrogens with one attached hydrogen (secondary N) is 2. The Hall–Kier alpha value is -2.28. The lowest BCUT2D eigenvalue weighted by Gasteiger charge is -2.17. The first kappa shape index (κ1) is 19.1. The fourth-order valence-electron chi connectivity index (χ4n) is 2.38. The molecule has 0 saturated heterocycles. The maximum absolute atomic E-state index is 12.2. The highest BCUT2D eigenvalue weighted by atomic mass is 16.5. The summed E-state index contributed by atoms with van der Waals surface area (Å²) in [4.78, 5) is 25.6. The SMILES string of the molecule is CCOc1ccc(NC(=O)CN(C)CC(=O)NC2CC2)cc1OCC. The van der Waals surface area contributed by atoms with Gasteiger partial charge in [0.2, 0.25) is 11.8 Å². The van der Waals surface area contributed by atoms with Gasteiger partial charge in [-0.3, -0.25) is 14.5 Å². The van der Waals surface area contributed by atoms with Crippen LogP contribution in [0.5, 0.6) is 11.5 Å². The predicted molar refractivity (Wildman–Crippen MR) is 96.1 cm³/mol. The van der Waals surface area contributed by atoms with Crippen molar-refractivity contribution >= 4 is 17.5 Å². The van der Waals surface area contributed by atoms with E-state index in [0.717, 1.165) is 12.8 Å². The van der Waals surface area contributed by atoms with Gasteiger partial charge in [-0.15, -0.1) is 0 Å². The number of hydrogen-bond donors (Lipinski definition) is 2. The van der Waals surface area contributed by atoms with Crippen molar-refractivity contribution < 1.29 is 19.1 Å². The predicted octanol–water partition coefficient (Wildman–Crippen LogP) is 1.63. The van der Waals surface area contributed by atoms with Gasteiger partial charge in [0.15, 0.2) is 11.5 Å². The van der Waals surface area contributed by atoms with Crippen molar-refractivity contribution in [3.63, 3.8) is 0 Å². The third kappa shape index (κ3) is 6.62. The topological polar surface area (TPSA) is 79.9 Å². The molecule has 0 atom stereocenters. The van der Waals surface area contributed by atoms with E-state index >= 15 is 0 Å². The van der Waals surface area contributed by atoms with Crippen molar-refractivity contribution in [3.05, 3.63) is 18.2 Å². The maximum Gasteiger partial charge on any atom is 0.238 e. The summed E-state index contributed by atoms with van der Waals surface area (Å²) in [5, 5.41) is 5.72. The highest BCUT2D eigenvalue weighted by Crippen LogP contribution is 2.30. The zero-order valence-electron chi connectivity index (χ0n) is 15.1. The molecule has 2 amide bonds. The number of carbonyl (C=O) groups excluding carboxylic acids is 2. The van der Waals surface area contributed by atoms with Gasteiger partial charge in [-0.1, -0.05) is 0 Å². The van der Waals surface area contributed by atoms with Crippen molar-refractivity contribution in [2.75, 3.05) is 38.7 Å². The van der Waals surface area contributed by atoms with Gasteiger partial charge >= 0.3 is 0 Å². The molecule has 0 bridgehead atoms. The summed E-state index contributed by atoms with van der Waals surface area (Å²) in [6.45, 7) is 5.19. The molecule has 2 rings (SSSR count). The van der Waals surface area contributed by atoms with Crippen molar-refractivity contribution in [2.45, 2.75) is 32.7 Å². The molecule has 25 heavy (non-hydrogen) atoms. The molecule has 1 saturated carbocycles. The van der Waals surface area contributed by atoms with Gasteiger partial charge < -0.3 is 20.1 Å². The summed E-state index contributed by atoms with van der Waals surface area (Å²) in [5.74, 6) is 1.02. The van der Waals surface area contributed by atoms with Crippen molar-refractivity contribution in [1.82, 2.24) is 10.2 Å². The smallest absolute Gasteiger partial charge is 0.238 e. The highest BCUT2D eigenvalue weighted by Gasteiger charge is 2.23. The second-order valence-electron chi connectivity index (χ2n) is 6.09. The molecule has 1 aromatic carbocycles. The van der Waals surface area contributed by atoms with E-state index in [4.69, 9.17) is 9.47 Å². The van der Waals surface area contributed by atoms with Gasteiger partial charge in [-0.25, -0.2) is 0 Å². The zero-order chi connectivity index (χ0) is 18.2. The van der Waals surface area contributed by atoms with E-state index in [9.17, 15) is 9.59 Å². The largest absolute Gasteiger partial charge is 0.490 e. The van der Waals surface area contributed by atoms with Crippen LogP contribution in [0, 0.1) is 0 Å². The van der Waals surface area contributed by atoms with E-state index < -0.39 is 0 Å². The molecule has 1 aliphatic rings. The minimum atomic E-state index is -0.187. The van der Waals surface area contributed by atoms with Crippen LogP contribution in [-0.2, 0) is 9.59 Å². The molecule has 138 valence electrons. The number of likely N-dealkylation sites (N-methyl/N-ethyl adjacent to an activating group) is 1. The summed E-state index contributed by atoms with van der Waals surface area (Å²) in [7, 11) is 1.75. The number of ether oxygens (including phenoxy) is 2. The fourth-order valence-corrected chi connectivity index (χ4v) is 2.38. The Balaban J connectivity index is 1.85. The van der Waals surface area contributed by atoms with Crippen molar-refractivity contribution in [1.29, 1.82) is 0 Å². The molecule has 1 aliphatic carbocycles. The molecule has 0 unspecified atom stereocenters. The lowest BCUT2D eigenvalue weighted by molar-refractivity contribution is -0.123. The van der Waals surface area contributed by atoms with Crippen LogP contribution in [0.25, 0.3) is 0 Å². The van der Waals surface area contributed by atoms with Crippen LogP contribution >= 0.6 is 0 Å². The minimum Gasteiger partial charge on any atom is -0.490 e. The number of nitrogens with zero attached hydrogens (tertiary/aromatic N) is 1. The summed E-state index contributed by atoms with van der Waals surface area (Å²) < 4.78 is 11.1. The van der Waals surface area contributed by atoms with Crippen LogP contribution in [0.3, 0.4) is 0 Å². The normalized spacial score (nSPS) is 13.4. The first-order chi connectivity index (χ1) is 12.0. The highest BCUT2D eigenvalue weighted by molar-refractivity contribution is 5.93. The summed E-state index contributed by atoms with van der Waals surface area (Å²) >= 11 is 0. The van der Waals surface area contributed by atoms with Crippen LogP contribution < -0.4 is 20.1 Å². The van der Waals surface area contributed by atoms with Crippen molar-refractivity contribution in [3.8, 4) is 11.5 Å². The summed E-state index contributed by atoms with van der Waals surface area (Å²) in [5.41, 5.74) is 0.632. The zero-order valence-corrected chi connectivity index (χ0v) is 15.1. The molecule has 0 heterocycles. The van der Waals surface area contributed by atoms with E-state index in [1.165, 1.54) is 0 Å². The van der Waals surface area contributed by atoms with Gasteiger partial charge in [-0.2, -0.15) is 0 Å². The Morgan fingerprint density at radius 1 is 1.08 bits per heavy atom. The van der Waals surface area contributed by atoms with Gasteiger partial charge in [0.1, 0.15) is 0 Å². The molecule has 0 spiro atoms. The summed E-state index contributed by atoms with van der Waals surface area (Å²) in [6.07, 6.45) is 2.10.